The first-order valence-corrected chi connectivity index (χ1v) is 6.16. The highest BCUT2D eigenvalue weighted by Crippen LogP contribution is 2.12. The average molecular weight is 268 g/mol. The number of nitrogens with zero attached hydrogens (tertiary/aromatic N) is 2. The summed E-state index contributed by atoms with van der Waals surface area (Å²) in [6.07, 6.45) is 4.65. The second-order valence-electron chi connectivity index (χ2n) is 4.66. The van der Waals surface area contributed by atoms with Gasteiger partial charge in [0.05, 0.1) is 6.20 Å². The summed E-state index contributed by atoms with van der Waals surface area (Å²) in [5.74, 6) is -1.40. The molecule has 0 spiro atoms. The predicted octanol–water partition coefficient (Wildman–Crippen LogP) is 0.180. The van der Waals surface area contributed by atoms with Crippen molar-refractivity contribution in [1.29, 1.82) is 0 Å². The van der Waals surface area contributed by atoms with Crippen LogP contribution in [-0.4, -0.2) is 32.8 Å². The van der Waals surface area contributed by atoms with Gasteiger partial charge in [0.1, 0.15) is 0 Å². The van der Waals surface area contributed by atoms with Crippen LogP contribution in [0, 0.1) is 0 Å². The van der Waals surface area contributed by atoms with Crippen LogP contribution in [0.15, 0.2) is 12.4 Å². The normalized spacial score (nSPS) is 13.8. The Labute approximate surface area is 111 Å². The number of amides is 1. The summed E-state index contributed by atoms with van der Waals surface area (Å²) >= 11 is 0. The van der Waals surface area contributed by atoms with E-state index in [9.17, 15) is 9.59 Å². The van der Waals surface area contributed by atoms with Gasteiger partial charge in [0.15, 0.2) is 6.04 Å². The van der Waals surface area contributed by atoms with Gasteiger partial charge in [0, 0.05) is 31.3 Å². The van der Waals surface area contributed by atoms with E-state index in [1.165, 1.54) is 10.9 Å². The minimum Gasteiger partial charge on any atom is -0.479 e. The Morgan fingerprint density at radius 2 is 2.26 bits per heavy atom. The highest BCUT2D eigenvalue weighted by Gasteiger charge is 2.23. The van der Waals surface area contributed by atoms with Gasteiger partial charge in [0.25, 0.3) is 0 Å². The maximum absolute atomic E-state index is 11.7. The highest BCUT2D eigenvalue weighted by atomic mass is 16.4. The molecule has 4 N–H and O–H groups in total. The fourth-order valence-electron chi connectivity index (χ4n) is 1.69. The Morgan fingerprint density at radius 3 is 2.74 bits per heavy atom. The molecule has 19 heavy (non-hydrogen) atoms. The van der Waals surface area contributed by atoms with Crippen LogP contribution in [-0.2, 0) is 16.6 Å². The van der Waals surface area contributed by atoms with Crippen molar-refractivity contribution in [2.45, 2.75) is 38.3 Å². The first-order chi connectivity index (χ1) is 8.90. The Kier molecular flexibility index (Phi) is 5.50. The van der Waals surface area contributed by atoms with Gasteiger partial charge in [-0.15, -0.1) is 0 Å². The number of aliphatic carboxylic acids is 1. The molecule has 0 aliphatic carbocycles. The van der Waals surface area contributed by atoms with Crippen LogP contribution in [0.5, 0.6) is 0 Å². The fraction of sp³-hybridized carbons (Fsp3) is 0.583. The van der Waals surface area contributed by atoms with Crippen molar-refractivity contribution in [3.8, 4) is 0 Å². The minimum absolute atomic E-state index is 0.0430. The summed E-state index contributed by atoms with van der Waals surface area (Å²) in [6, 6.07) is -1.02. The number of nitrogens with two attached hydrogens (primary N) is 1. The van der Waals surface area contributed by atoms with Gasteiger partial charge in [-0.2, -0.15) is 5.10 Å². The Balaban J connectivity index is 2.55. The summed E-state index contributed by atoms with van der Waals surface area (Å²) in [7, 11) is 1.69. The standard InChI is InChI=1S/C12H20N4O3/c1-8(13)4-3-5-10(17)15-11(12(18)19)9-6-14-16(2)7-9/h6-8,11H,3-5,13H2,1-2H3,(H,15,17)(H,18,19). The molecule has 1 amide bonds. The van der Waals surface area contributed by atoms with E-state index in [2.05, 4.69) is 10.4 Å². The molecule has 1 aromatic heterocycles. The van der Waals surface area contributed by atoms with Crippen LogP contribution < -0.4 is 11.1 Å². The van der Waals surface area contributed by atoms with E-state index in [0.717, 1.165) is 6.42 Å². The second-order valence-corrected chi connectivity index (χ2v) is 4.66. The molecule has 0 saturated carbocycles. The molecule has 0 aromatic carbocycles. The third-order valence-corrected chi connectivity index (χ3v) is 2.67. The van der Waals surface area contributed by atoms with Crippen molar-refractivity contribution < 1.29 is 14.7 Å². The van der Waals surface area contributed by atoms with Gasteiger partial charge in [-0.05, 0) is 19.8 Å². The van der Waals surface area contributed by atoms with Gasteiger partial charge in [-0.3, -0.25) is 9.48 Å². The SMILES string of the molecule is CC(N)CCCC(=O)NC(C(=O)O)c1cnn(C)c1. The Morgan fingerprint density at radius 1 is 1.58 bits per heavy atom. The van der Waals surface area contributed by atoms with Gasteiger partial charge in [0.2, 0.25) is 5.91 Å². The molecule has 1 heterocycles. The molecule has 1 rings (SSSR count). The van der Waals surface area contributed by atoms with Crippen LogP contribution in [0.1, 0.15) is 37.8 Å². The lowest BCUT2D eigenvalue weighted by molar-refractivity contribution is -0.142. The van der Waals surface area contributed by atoms with E-state index >= 15 is 0 Å². The molecule has 0 radical (unpaired) electrons. The molecule has 1 aromatic rings. The molecular weight excluding hydrogens is 248 g/mol. The number of carbonyl (C=O) groups is 2. The number of carboxylic acid groups (broad SMARTS) is 1. The molecule has 7 heteroatoms. The molecule has 0 saturated heterocycles. The Bertz CT molecular complexity index is 442. The zero-order chi connectivity index (χ0) is 14.4. The monoisotopic (exact) mass is 268 g/mol. The van der Waals surface area contributed by atoms with Crippen molar-refractivity contribution in [1.82, 2.24) is 15.1 Å². The number of aryl methyl sites for hydroxylation is 1. The van der Waals surface area contributed by atoms with Crippen LogP contribution in [0.25, 0.3) is 0 Å². The summed E-state index contributed by atoms with van der Waals surface area (Å²) in [5.41, 5.74) is 6.04. The van der Waals surface area contributed by atoms with Gasteiger partial charge >= 0.3 is 5.97 Å². The van der Waals surface area contributed by atoms with Crippen LogP contribution in [0.4, 0.5) is 0 Å². The van der Waals surface area contributed by atoms with E-state index < -0.39 is 12.0 Å². The van der Waals surface area contributed by atoms with Crippen LogP contribution >= 0.6 is 0 Å². The first kappa shape index (κ1) is 15.2. The lowest BCUT2D eigenvalue weighted by Crippen LogP contribution is -2.33. The maximum Gasteiger partial charge on any atom is 0.331 e. The molecular formula is C12H20N4O3. The first-order valence-electron chi connectivity index (χ1n) is 6.16. The van der Waals surface area contributed by atoms with Gasteiger partial charge in [-0.25, -0.2) is 4.79 Å². The topological polar surface area (TPSA) is 110 Å². The number of hydrogen-bond donors (Lipinski definition) is 3. The van der Waals surface area contributed by atoms with Crippen molar-refractivity contribution in [3.63, 3.8) is 0 Å². The number of nitrogens with one attached hydrogen (secondary N) is 1. The molecule has 7 nitrogen and oxygen atoms in total. The summed E-state index contributed by atoms with van der Waals surface area (Å²) in [4.78, 5) is 22.8. The molecule has 0 aliphatic heterocycles. The van der Waals surface area contributed by atoms with Crippen molar-refractivity contribution >= 4 is 11.9 Å². The molecule has 106 valence electrons. The molecule has 0 bridgehead atoms. The highest BCUT2D eigenvalue weighted by molar-refractivity contribution is 5.84. The molecule has 2 atom stereocenters. The van der Waals surface area contributed by atoms with E-state index in [-0.39, 0.29) is 18.4 Å². The van der Waals surface area contributed by atoms with Gasteiger partial charge < -0.3 is 16.2 Å². The summed E-state index contributed by atoms with van der Waals surface area (Å²) < 4.78 is 1.49. The number of carboxylic acids is 1. The number of carbonyl (C=O) groups excluding carboxylic acids is 1. The van der Waals surface area contributed by atoms with Crippen molar-refractivity contribution in [2.75, 3.05) is 0 Å². The third-order valence-electron chi connectivity index (χ3n) is 2.67. The van der Waals surface area contributed by atoms with E-state index in [1.54, 1.807) is 13.2 Å². The molecule has 0 fully saturated rings. The number of aromatic nitrogens is 2. The number of rotatable bonds is 7. The van der Waals surface area contributed by atoms with Crippen LogP contribution in [0.2, 0.25) is 0 Å². The lowest BCUT2D eigenvalue weighted by Gasteiger charge is -2.13. The van der Waals surface area contributed by atoms with E-state index in [4.69, 9.17) is 10.8 Å². The Hall–Kier alpha value is -1.89. The van der Waals surface area contributed by atoms with Crippen LogP contribution in [0.3, 0.4) is 0 Å². The fourth-order valence-corrected chi connectivity index (χ4v) is 1.69. The third kappa shape index (κ3) is 5.09. The summed E-state index contributed by atoms with van der Waals surface area (Å²) in [5, 5.41) is 15.5. The van der Waals surface area contributed by atoms with Gasteiger partial charge in [-0.1, -0.05) is 0 Å². The zero-order valence-electron chi connectivity index (χ0n) is 11.2. The molecule has 0 aliphatic rings. The van der Waals surface area contributed by atoms with Crippen molar-refractivity contribution in [2.24, 2.45) is 12.8 Å². The molecule has 2 unspecified atom stereocenters. The second kappa shape index (κ2) is 6.89. The van der Waals surface area contributed by atoms with Crippen molar-refractivity contribution in [3.05, 3.63) is 18.0 Å². The number of hydrogen-bond acceptors (Lipinski definition) is 4. The predicted molar refractivity (Wildman–Crippen MR) is 69.2 cm³/mol. The minimum atomic E-state index is -1.10. The summed E-state index contributed by atoms with van der Waals surface area (Å²) in [6.45, 7) is 1.87. The maximum atomic E-state index is 11.7. The largest absolute Gasteiger partial charge is 0.479 e. The smallest absolute Gasteiger partial charge is 0.331 e. The quantitative estimate of drug-likeness (QED) is 0.653. The van der Waals surface area contributed by atoms with E-state index in [1.807, 2.05) is 6.92 Å². The van der Waals surface area contributed by atoms with E-state index in [0.29, 0.717) is 12.0 Å². The average Bonchev–Trinajstić information content (AvgIpc) is 2.71. The lowest BCUT2D eigenvalue weighted by atomic mass is 10.1. The zero-order valence-corrected chi connectivity index (χ0v) is 11.2.